The molecule has 2 N–H and O–H groups in total. The van der Waals surface area contributed by atoms with E-state index in [1.165, 1.54) is 19.2 Å². The van der Waals surface area contributed by atoms with Gasteiger partial charge in [-0.1, -0.05) is 23.2 Å². The van der Waals surface area contributed by atoms with Gasteiger partial charge in [0, 0.05) is 29.9 Å². The van der Waals surface area contributed by atoms with Gasteiger partial charge in [0.25, 0.3) is 11.8 Å². The Morgan fingerprint density at radius 1 is 0.926 bits per heavy atom. The van der Waals surface area contributed by atoms with Crippen LogP contribution in [-0.4, -0.2) is 32.0 Å². The normalized spacial score (nSPS) is 10.3. The number of hydrogen-bond acceptors (Lipinski definition) is 4. The molecule has 0 aromatic heterocycles. The number of benzene rings is 2. The van der Waals surface area contributed by atoms with E-state index >= 15 is 0 Å². The first-order valence-corrected chi connectivity index (χ1v) is 9.15. The Balaban J connectivity index is 2.02. The summed E-state index contributed by atoms with van der Waals surface area (Å²) in [6.45, 7) is 5.89. The van der Waals surface area contributed by atoms with Crippen LogP contribution >= 0.6 is 23.2 Å². The molecular formula is C19H21Cl2N3O3. The topological polar surface area (TPSA) is 70.7 Å². The quantitative estimate of drug-likeness (QED) is 0.709. The number of anilines is 1. The van der Waals surface area contributed by atoms with Crippen molar-refractivity contribution in [2.24, 2.45) is 0 Å². The van der Waals surface area contributed by atoms with Crippen LogP contribution in [0.5, 0.6) is 5.75 Å². The zero-order chi connectivity index (χ0) is 20.0. The minimum Gasteiger partial charge on any atom is -0.494 e. The van der Waals surface area contributed by atoms with Crippen LogP contribution in [-0.2, 0) is 0 Å². The summed E-state index contributed by atoms with van der Waals surface area (Å²) >= 11 is 12.0. The highest BCUT2D eigenvalue weighted by molar-refractivity contribution is 6.37. The van der Waals surface area contributed by atoms with E-state index in [0.717, 1.165) is 18.8 Å². The van der Waals surface area contributed by atoms with E-state index in [4.69, 9.17) is 27.9 Å². The van der Waals surface area contributed by atoms with Gasteiger partial charge in [-0.2, -0.15) is 0 Å². The number of hydrogen-bond donors (Lipinski definition) is 2. The second kappa shape index (κ2) is 9.48. The summed E-state index contributed by atoms with van der Waals surface area (Å²) in [6, 6.07) is 9.96. The molecule has 0 saturated carbocycles. The van der Waals surface area contributed by atoms with Crippen molar-refractivity contribution in [3.8, 4) is 5.75 Å². The first-order chi connectivity index (χ1) is 12.9. The Hall–Kier alpha value is -2.44. The lowest BCUT2D eigenvalue weighted by Crippen LogP contribution is -2.41. The number of halogens is 2. The van der Waals surface area contributed by atoms with Gasteiger partial charge in [0.1, 0.15) is 0 Å². The van der Waals surface area contributed by atoms with Crippen LogP contribution in [0.25, 0.3) is 0 Å². The molecule has 0 saturated heterocycles. The highest BCUT2D eigenvalue weighted by Crippen LogP contribution is 2.33. The smallest absolute Gasteiger partial charge is 0.269 e. The first kappa shape index (κ1) is 20.9. The van der Waals surface area contributed by atoms with E-state index in [-0.39, 0.29) is 21.4 Å². The molecule has 0 atom stereocenters. The lowest BCUT2D eigenvalue weighted by molar-refractivity contribution is 0.0846. The average Bonchev–Trinajstić information content (AvgIpc) is 2.67. The zero-order valence-electron chi connectivity index (χ0n) is 15.3. The van der Waals surface area contributed by atoms with Crippen LogP contribution < -0.4 is 20.5 Å². The molecule has 0 unspecified atom stereocenters. The first-order valence-electron chi connectivity index (χ1n) is 8.39. The van der Waals surface area contributed by atoms with E-state index in [1.807, 2.05) is 12.1 Å². The number of ether oxygens (including phenoxy) is 1. The van der Waals surface area contributed by atoms with Crippen LogP contribution in [0, 0.1) is 0 Å². The van der Waals surface area contributed by atoms with Gasteiger partial charge < -0.3 is 9.64 Å². The molecule has 2 aromatic rings. The molecule has 0 bridgehead atoms. The van der Waals surface area contributed by atoms with Gasteiger partial charge in [-0.15, -0.1) is 0 Å². The number of amides is 2. The maximum atomic E-state index is 12.2. The molecule has 0 heterocycles. The molecule has 6 nitrogen and oxygen atoms in total. The Morgan fingerprint density at radius 2 is 1.41 bits per heavy atom. The van der Waals surface area contributed by atoms with Crippen molar-refractivity contribution in [3.05, 3.63) is 57.6 Å². The summed E-state index contributed by atoms with van der Waals surface area (Å²) in [4.78, 5) is 26.6. The molecule has 0 aliphatic heterocycles. The molecule has 144 valence electrons. The molecule has 2 amide bonds. The van der Waals surface area contributed by atoms with Crippen molar-refractivity contribution in [1.29, 1.82) is 0 Å². The lowest BCUT2D eigenvalue weighted by atomic mass is 10.2. The van der Waals surface area contributed by atoms with Crippen molar-refractivity contribution in [2.45, 2.75) is 13.8 Å². The van der Waals surface area contributed by atoms with Crippen LogP contribution in [0.4, 0.5) is 5.69 Å². The predicted octanol–water partition coefficient (Wildman–Crippen LogP) is 3.92. The van der Waals surface area contributed by atoms with Gasteiger partial charge in [0.15, 0.2) is 5.75 Å². The SMILES string of the molecule is CCN(CC)c1ccc(C(=O)NNC(=O)c2cc(Cl)c(OC)c(Cl)c2)cc1. The van der Waals surface area contributed by atoms with Crippen molar-refractivity contribution in [1.82, 2.24) is 10.9 Å². The lowest BCUT2D eigenvalue weighted by Gasteiger charge is -2.21. The Labute approximate surface area is 168 Å². The third kappa shape index (κ3) is 5.05. The number of nitrogens with zero attached hydrogens (tertiary/aromatic N) is 1. The monoisotopic (exact) mass is 409 g/mol. The summed E-state index contributed by atoms with van der Waals surface area (Å²) in [6.07, 6.45) is 0. The van der Waals surface area contributed by atoms with E-state index in [9.17, 15) is 9.59 Å². The van der Waals surface area contributed by atoms with Crippen LogP contribution in [0.1, 0.15) is 34.6 Å². The second-order valence-corrected chi connectivity index (χ2v) is 6.41. The van der Waals surface area contributed by atoms with Gasteiger partial charge in [0.2, 0.25) is 0 Å². The van der Waals surface area contributed by atoms with Crippen molar-refractivity contribution in [2.75, 3.05) is 25.1 Å². The molecule has 0 fully saturated rings. The molecule has 2 rings (SSSR count). The van der Waals surface area contributed by atoms with Gasteiger partial charge in [-0.25, -0.2) is 0 Å². The number of rotatable bonds is 6. The largest absolute Gasteiger partial charge is 0.494 e. The molecule has 2 aromatic carbocycles. The van der Waals surface area contributed by atoms with Crippen LogP contribution in [0.15, 0.2) is 36.4 Å². The summed E-state index contributed by atoms with van der Waals surface area (Å²) in [5.74, 6) is -0.693. The fourth-order valence-corrected chi connectivity index (χ4v) is 3.20. The summed E-state index contributed by atoms with van der Waals surface area (Å²) < 4.78 is 5.04. The minimum absolute atomic E-state index is 0.197. The fraction of sp³-hybridized carbons (Fsp3) is 0.263. The fourth-order valence-electron chi connectivity index (χ4n) is 2.56. The zero-order valence-corrected chi connectivity index (χ0v) is 16.8. The number of nitrogens with one attached hydrogen (secondary N) is 2. The third-order valence-electron chi connectivity index (χ3n) is 4.01. The van der Waals surface area contributed by atoms with E-state index in [2.05, 4.69) is 29.6 Å². The van der Waals surface area contributed by atoms with Gasteiger partial charge in [-0.3, -0.25) is 20.4 Å². The maximum absolute atomic E-state index is 12.2. The predicted molar refractivity (Wildman–Crippen MR) is 108 cm³/mol. The van der Waals surface area contributed by atoms with Crippen molar-refractivity contribution in [3.63, 3.8) is 0 Å². The van der Waals surface area contributed by atoms with Crippen molar-refractivity contribution < 1.29 is 14.3 Å². The maximum Gasteiger partial charge on any atom is 0.269 e. The number of methoxy groups -OCH3 is 1. The molecule has 0 aliphatic rings. The van der Waals surface area contributed by atoms with E-state index in [1.54, 1.807) is 12.1 Å². The average molecular weight is 410 g/mol. The minimum atomic E-state index is -0.547. The molecule has 0 spiro atoms. The van der Waals surface area contributed by atoms with E-state index in [0.29, 0.717) is 5.56 Å². The number of carbonyl (C=O) groups is 2. The molecule has 0 aliphatic carbocycles. The molecule has 27 heavy (non-hydrogen) atoms. The van der Waals surface area contributed by atoms with Gasteiger partial charge >= 0.3 is 0 Å². The third-order valence-corrected chi connectivity index (χ3v) is 4.57. The standard InChI is InChI=1S/C19H21Cl2N3O3/c1-4-24(5-2)14-8-6-12(7-9-14)18(25)22-23-19(26)13-10-15(20)17(27-3)16(21)11-13/h6-11H,4-5H2,1-3H3,(H,22,25)(H,23,26). The van der Waals surface area contributed by atoms with Gasteiger partial charge in [0.05, 0.1) is 17.2 Å². The highest BCUT2D eigenvalue weighted by atomic mass is 35.5. The van der Waals surface area contributed by atoms with Crippen LogP contribution in [0.2, 0.25) is 10.0 Å². The number of hydrazine groups is 1. The van der Waals surface area contributed by atoms with Gasteiger partial charge in [-0.05, 0) is 50.2 Å². The molecular weight excluding hydrogens is 389 g/mol. The molecule has 0 radical (unpaired) electrons. The van der Waals surface area contributed by atoms with E-state index < -0.39 is 11.8 Å². The van der Waals surface area contributed by atoms with Crippen LogP contribution in [0.3, 0.4) is 0 Å². The summed E-state index contributed by atoms with van der Waals surface area (Å²) in [5.41, 5.74) is 6.37. The Bertz CT molecular complexity index is 798. The summed E-state index contributed by atoms with van der Waals surface area (Å²) in [5, 5.41) is 0.405. The summed E-state index contributed by atoms with van der Waals surface area (Å²) in [7, 11) is 1.43. The van der Waals surface area contributed by atoms with Crippen molar-refractivity contribution >= 4 is 40.7 Å². The second-order valence-electron chi connectivity index (χ2n) is 5.60. The number of carbonyl (C=O) groups excluding carboxylic acids is 2. The Kier molecular flexibility index (Phi) is 7.33. The molecule has 8 heteroatoms. The highest BCUT2D eigenvalue weighted by Gasteiger charge is 2.14. The Morgan fingerprint density at radius 3 is 1.85 bits per heavy atom.